The van der Waals surface area contributed by atoms with Gasteiger partial charge in [0.1, 0.15) is 0 Å². The molecule has 0 bridgehead atoms. The van der Waals surface area contributed by atoms with Crippen LogP contribution in [0.1, 0.15) is 29.8 Å². The summed E-state index contributed by atoms with van der Waals surface area (Å²) in [6.07, 6.45) is 2.60. The first-order valence-corrected chi connectivity index (χ1v) is 6.46. The predicted molar refractivity (Wildman–Crippen MR) is 77.9 cm³/mol. The van der Waals surface area contributed by atoms with Crippen LogP contribution in [0.25, 0.3) is 0 Å². The van der Waals surface area contributed by atoms with Gasteiger partial charge in [-0.15, -0.1) is 0 Å². The highest BCUT2D eigenvalue weighted by Gasteiger charge is 2.02. The second-order valence-corrected chi connectivity index (χ2v) is 4.67. The zero-order valence-corrected chi connectivity index (χ0v) is 11.8. The van der Waals surface area contributed by atoms with Gasteiger partial charge in [0, 0.05) is 13.1 Å². The molecule has 5 heteroatoms. The summed E-state index contributed by atoms with van der Waals surface area (Å²) in [6.45, 7) is 4.97. The van der Waals surface area contributed by atoms with Gasteiger partial charge in [-0.3, -0.25) is 0 Å². The van der Waals surface area contributed by atoms with Gasteiger partial charge >= 0.3 is 12.0 Å². The number of hydrogen-bond acceptors (Lipinski definition) is 2. The van der Waals surface area contributed by atoms with E-state index in [1.54, 1.807) is 24.3 Å². The molecule has 0 saturated heterocycles. The van der Waals surface area contributed by atoms with Crippen LogP contribution >= 0.6 is 0 Å². The minimum atomic E-state index is -0.937. The van der Waals surface area contributed by atoms with E-state index < -0.39 is 5.97 Å². The summed E-state index contributed by atoms with van der Waals surface area (Å²) >= 11 is 0. The van der Waals surface area contributed by atoms with Gasteiger partial charge in [0.05, 0.1) is 5.56 Å². The van der Waals surface area contributed by atoms with E-state index in [9.17, 15) is 9.59 Å². The van der Waals surface area contributed by atoms with Crippen molar-refractivity contribution >= 4 is 12.0 Å². The lowest BCUT2D eigenvalue weighted by molar-refractivity contribution is 0.0697. The normalized spacial score (nSPS) is 9.70. The molecule has 0 aliphatic carbocycles. The molecule has 20 heavy (non-hydrogen) atoms. The minimum absolute atomic E-state index is 0.204. The number of carbonyl (C=O) groups is 2. The van der Waals surface area contributed by atoms with E-state index in [1.807, 2.05) is 19.9 Å². The average molecular weight is 276 g/mol. The molecule has 0 heterocycles. The van der Waals surface area contributed by atoms with Gasteiger partial charge in [-0.1, -0.05) is 23.8 Å². The van der Waals surface area contributed by atoms with E-state index in [2.05, 4.69) is 10.6 Å². The molecule has 0 unspecified atom stereocenters. The first-order chi connectivity index (χ1) is 9.49. The van der Waals surface area contributed by atoms with Gasteiger partial charge < -0.3 is 15.7 Å². The molecular formula is C15H20N2O3. The van der Waals surface area contributed by atoms with E-state index >= 15 is 0 Å². The summed E-state index contributed by atoms with van der Waals surface area (Å²) in [5.74, 6) is -0.937. The standard InChI is InChI=1S/C15H20N2O3/c1-11(2)7-9-16-15(20)17-10-8-12-3-5-13(6-4-12)14(18)19/h3-7H,8-10H2,1-2H3,(H,18,19)(H2,16,17,20). The molecule has 0 radical (unpaired) electrons. The van der Waals surface area contributed by atoms with Gasteiger partial charge in [-0.2, -0.15) is 0 Å². The second-order valence-electron chi connectivity index (χ2n) is 4.67. The zero-order chi connectivity index (χ0) is 15.0. The third-order valence-electron chi connectivity index (χ3n) is 2.67. The Hall–Kier alpha value is -2.30. The van der Waals surface area contributed by atoms with Crippen molar-refractivity contribution < 1.29 is 14.7 Å². The third-order valence-corrected chi connectivity index (χ3v) is 2.67. The number of urea groups is 1. The summed E-state index contributed by atoms with van der Waals surface area (Å²) in [6, 6.07) is 6.43. The number of carbonyl (C=O) groups excluding carboxylic acids is 1. The van der Waals surface area contributed by atoms with Crippen molar-refractivity contribution in [3.05, 3.63) is 47.0 Å². The van der Waals surface area contributed by atoms with Crippen molar-refractivity contribution in [2.75, 3.05) is 13.1 Å². The van der Waals surface area contributed by atoms with Crippen LogP contribution in [-0.4, -0.2) is 30.2 Å². The van der Waals surface area contributed by atoms with E-state index in [0.29, 0.717) is 19.5 Å². The molecule has 0 spiro atoms. The number of benzene rings is 1. The summed E-state index contributed by atoms with van der Waals surface area (Å²) in [5.41, 5.74) is 2.41. The SMILES string of the molecule is CC(C)=CCNC(=O)NCCc1ccc(C(=O)O)cc1. The van der Waals surface area contributed by atoms with Gasteiger partial charge in [0.25, 0.3) is 0 Å². The van der Waals surface area contributed by atoms with Gasteiger partial charge in [-0.05, 0) is 38.0 Å². The largest absolute Gasteiger partial charge is 0.478 e. The van der Waals surface area contributed by atoms with Crippen molar-refractivity contribution in [1.29, 1.82) is 0 Å². The molecule has 0 saturated carbocycles. The Morgan fingerprint density at radius 2 is 1.80 bits per heavy atom. The van der Waals surface area contributed by atoms with Crippen molar-refractivity contribution in [3.8, 4) is 0 Å². The van der Waals surface area contributed by atoms with Crippen LogP contribution in [-0.2, 0) is 6.42 Å². The maximum absolute atomic E-state index is 11.4. The first kappa shape index (κ1) is 15.8. The van der Waals surface area contributed by atoms with Crippen molar-refractivity contribution in [1.82, 2.24) is 10.6 Å². The number of aromatic carboxylic acids is 1. The minimum Gasteiger partial charge on any atom is -0.478 e. The number of carboxylic acids is 1. The van der Waals surface area contributed by atoms with Crippen LogP contribution in [0.4, 0.5) is 4.79 Å². The van der Waals surface area contributed by atoms with Gasteiger partial charge in [0.15, 0.2) is 0 Å². The fourth-order valence-corrected chi connectivity index (χ4v) is 1.54. The molecule has 1 rings (SSSR count). The third kappa shape index (κ3) is 6.04. The second kappa shape index (κ2) is 7.99. The van der Waals surface area contributed by atoms with E-state index in [1.165, 1.54) is 0 Å². The quantitative estimate of drug-likeness (QED) is 0.697. The summed E-state index contributed by atoms with van der Waals surface area (Å²) in [4.78, 5) is 22.1. The lowest BCUT2D eigenvalue weighted by Gasteiger charge is -2.06. The Balaban J connectivity index is 2.28. The zero-order valence-electron chi connectivity index (χ0n) is 11.8. The van der Waals surface area contributed by atoms with Crippen LogP contribution in [0.15, 0.2) is 35.9 Å². The summed E-state index contributed by atoms with van der Waals surface area (Å²) < 4.78 is 0. The molecule has 108 valence electrons. The summed E-state index contributed by atoms with van der Waals surface area (Å²) in [7, 11) is 0. The molecule has 1 aromatic carbocycles. The monoisotopic (exact) mass is 276 g/mol. The Morgan fingerprint density at radius 1 is 1.15 bits per heavy atom. The first-order valence-electron chi connectivity index (χ1n) is 6.46. The maximum Gasteiger partial charge on any atom is 0.335 e. The topological polar surface area (TPSA) is 78.4 Å². The Bertz CT molecular complexity index is 488. The number of amides is 2. The van der Waals surface area contributed by atoms with Crippen LogP contribution in [0, 0.1) is 0 Å². The number of hydrogen-bond donors (Lipinski definition) is 3. The highest BCUT2D eigenvalue weighted by atomic mass is 16.4. The highest BCUT2D eigenvalue weighted by molar-refractivity contribution is 5.87. The molecular weight excluding hydrogens is 256 g/mol. The van der Waals surface area contributed by atoms with E-state index in [0.717, 1.165) is 11.1 Å². The Morgan fingerprint density at radius 3 is 2.35 bits per heavy atom. The van der Waals surface area contributed by atoms with Gasteiger partial charge in [-0.25, -0.2) is 9.59 Å². The van der Waals surface area contributed by atoms with Crippen molar-refractivity contribution in [2.45, 2.75) is 20.3 Å². The highest BCUT2D eigenvalue weighted by Crippen LogP contribution is 2.04. The summed E-state index contributed by atoms with van der Waals surface area (Å²) in [5, 5.41) is 14.2. The number of nitrogens with one attached hydrogen (secondary N) is 2. The Kier molecular flexibility index (Phi) is 6.29. The number of allylic oxidation sites excluding steroid dienone is 1. The van der Waals surface area contributed by atoms with Crippen molar-refractivity contribution in [3.63, 3.8) is 0 Å². The molecule has 0 aliphatic rings. The fraction of sp³-hybridized carbons (Fsp3) is 0.333. The van der Waals surface area contributed by atoms with Crippen molar-refractivity contribution in [2.24, 2.45) is 0 Å². The maximum atomic E-state index is 11.4. The smallest absolute Gasteiger partial charge is 0.335 e. The molecule has 3 N–H and O–H groups in total. The Labute approximate surface area is 118 Å². The molecule has 5 nitrogen and oxygen atoms in total. The van der Waals surface area contributed by atoms with E-state index in [4.69, 9.17) is 5.11 Å². The lowest BCUT2D eigenvalue weighted by Crippen LogP contribution is -2.36. The average Bonchev–Trinajstić information content (AvgIpc) is 2.39. The fourth-order valence-electron chi connectivity index (χ4n) is 1.54. The van der Waals surface area contributed by atoms with Crippen LogP contribution in [0.2, 0.25) is 0 Å². The predicted octanol–water partition coefficient (Wildman–Crippen LogP) is 2.19. The number of rotatable bonds is 6. The lowest BCUT2D eigenvalue weighted by atomic mass is 10.1. The van der Waals surface area contributed by atoms with Gasteiger partial charge in [0.2, 0.25) is 0 Å². The van der Waals surface area contributed by atoms with E-state index in [-0.39, 0.29) is 11.6 Å². The molecule has 0 aliphatic heterocycles. The molecule has 2 amide bonds. The molecule has 0 aromatic heterocycles. The molecule has 0 fully saturated rings. The molecule has 0 atom stereocenters. The van der Waals surface area contributed by atoms with Crippen LogP contribution in [0.5, 0.6) is 0 Å². The molecule has 1 aromatic rings. The van der Waals surface area contributed by atoms with Crippen LogP contribution in [0.3, 0.4) is 0 Å². The van der Waals surface area contributed by atoms with Crippen LogP contribution < -0.4 is 10.6 Å². The number of carboxylic acid groups (broad SMARTS) is 1.